The Morgan fingerprint density at radius 1 is 1.47 bits per heavy atom. The van der Waals surface area contributed by atoms with Crippen LogP contribution in [0.5, 0.6) is 0 Å². The number of aryl methyl sites for hydroxylation is 1. The fourth-order valence-electron chi connectivity index (χ4n) is 2.02. The van der Waals surface area contributed by atoms with Gasteiger partial charge in [0.1, 0.15) is 11.5 Å². The van der Waals surface area contributed by atoms with Gasteiger partial charge in [0.15, 0.2) is 5.76 Å². The van der Waals surface area contributed by atoms with Gasteiger partial charge >= 0.3 is 0 Å². The third kappa shape index (κ3) is 3.88. The molecule has 1 unspecified atom stereocenters. The molecule has 0 bridgehead atoms. The molecular weight excluding hydrogens is 258 g/mol. The standard InChI is InChI=1S/C14H21N3OS/c1-10(9-19-3)6-15-7-12-8-16-17-14(12)13-5-4-11(2)18-13/h4-5,8,10,15H,6-7,9H2,1-3H3,(H,16,17). The fourth-order valence-corrected chi connectivity index (χ4v) is 2.71. The first-order valence-corrected chi connectivity index (χ1v) is 7.88. The highest BCUT2D eigenvalue weighted by Crippen LogP contribution is 2.23. The van der Waals surface area contributed by atoms with Crippen LogP contribution >= 0.6 is 11.8 Å². The Hall–Kier alpha value is -1.20. The maximum atomic E-state index is 5.63. The van der Waals surface area contributed by atoms with Gasteiger partial charge in [-0.2, -0.15) is 16.9 Å². The van der Waals surface area contributed by atoms with Gasteiger partial charge in [0.2, 0.25) is 0 Å². The van der Waals surface area contributed by atoms with Crippen molar-refractivity contribution in [3.63, 3.8) is 0 Å². The van der Waals surface area contributed by atoms with Crippen molar-refractivity contribution < 1.29 is 4.42 Å². The first-order chi connectivity index (χ1) is 9.20. The van der Waals surface area contributed by atoms with Crippen LogP contribution in [0.15, 0.2) is 22.7 Å². The number of aromatic nitrogens is 2. The minimum atomic E-state index is 0.677. The van der Waals surface area contributed by atoms with Gasteiger partial charge in [0.25, 0.3) is 0 Å². The molecule has 0 aromatic carbocycles. The van der Waals surface area contributed by atoms with Crippen LogP contribution in [0.2, 0.25) is 0 Å². The summed E-state index contributed by atoms with van der Waals surface area (Å²) >= 11 is 1.89. The molecule has 0 aliphatic carbocycles. The topological polar surface area (TPSA) is 53.9 Å². The van der Waals surface area contributed by atoms with Crippen molar-refractivity contribution in [2.45, 2.75) is 20.4 Å². The van der Waals surface area contributed by atoms with Crippen molar-refractivity contribution in [2.24, 2.45) is 5.92 Å². The van der Waals surface area contributed by atoms with Gasteiger partial charge < -0.3 is 9.73 Å². The van der Waals surface area contributed by atoms with E-state index in [1.807, 2.05) is 37.0 Å². The molecule has 0 saturated heterocycles. The highest BCUT2D eigenvalue weighted by atomic mass is 32.2. The van der Waals surface area contributed by atoms with E-state index >= 15 is 0 Å². The van der Waals surface area contributed by atoms with Crippen molar-refractivity contribution in [2.75, 3.05) is 18.6 Å². The molecule has 0 radical (unpaired) electrons. The lowest BCUT2D eigenvalue weighted by atomic mass is 10.2. The molecule has 4 nitrogen and oxygen atoms in total. The van der Waals surface area contributed by atoms with Crippen molar-refractivity contribution in [1.29, 1.82) is 0 Å². The summed E-state index contributed by atoms with van der Waals surface area (Å²) in [6.07, 6.45) is 4.00. The van der Waals surface area contributed by atoms with Gasteiger partial charge in [-0.1, -0.05) is 6.92 Å². The predicted octanol–water partition coefficient (Wildman–Crippen LogP) is 3.07. The van der Waals surface area contributed by atoms with E-state index < -0.39 is 0 Å². The molecule has 0 saturated carbocycles. The molecule has 19 heavy (non-hydrogen) atoms. The summed E-state index contributed by atoms with van der Waals surface area (Å²) in [5.41, 5.74) is 2.11. The summed E-state index contributed by atoms with van der Waals surface area (Å²) in [5.74, 6) is 3.63. The Morgan fingerprint density at radius 3 is 3.00 bits per heavy atom. The van der Waals surface area contributed by atoms with Crippen molar-refractivity contribution >= 4 is 11.8 Å². The molecule has 2 heterocycles. The Labute approximate surface area is 118 Å². The zero-order valence-corrected chi connectivity index (χ0v) is 12.5. The Balaban J connectivity index is 1.93. The highest BCUT2D eigenvalue weighted by Gasteiger charge is 2.11. The maximum absolute atomic E-state index is 5.63. The van der Waals surface area contributed by atoms with E-state index in [1.165, 1.54) is 5.75 Å². The number of hydrogen-bond acceptors (Lipinski definition) is 4. The number of nitrogens with one attached hydrogen (secondary N) is 2. The highest BCUT2D eigenvalue weighted by molar-refractivity contribution is 7.98. The van der Waals surface area contributed by atoms with E-state index in [4.69, 9.17) is 4.42 Å². The second-order valence-corrected chi connectivity index (χ2v) is 5.78. The lowest BCUT2D eigenvalue weighted by Crippen LogP contribution is -2.22. The lowest BCUT2D eigenvalue weighted by molar-refractivity contribution is 0.542. The molecule has 0 spiro atoms. The average Bonchev–Trinajstić information content (AvgIpc) is 2.98. The molecule has 0 amide bonds. The lowest BCUT2D eigenvalue weighted by Gasteiger charge is -2.10. The normalized spacial score (nSPS) is 12.8. The minimum Gasteiger partial charge on any atom is -0.460 e. The molecule has 2 N–H and O–H groups in total. The third-order valence-corrected chi connectivity index (χ3v) is 3.87. The molecule has 2 aromatic heterocycles. The Kier molecular flexibility index (Phi) is 5.10. The monoisotopic (exact) mass is 279 g/mol. The summed E-state index contributed by atoms with van der Waals surface area (Å²) in [6.45, 7) is 6.03. The van der Waals surface area contributed by atoms with Gasteiger partial charge in [0.05, 0.1) is 6.20 Å². The van der Waals surface area contributed by atoms with Crippen LogP contribution < -0.4 is 5.32 Å². The van der Waals surface area contributed by atoms with E-state index in [2.05, 4.69) is 28.7 Å². The number of H-pyrrole nitrogens is 1. The molecule has 0 aliphatic heterocycles. The Morgan fingerprint density at radius 2 is 2.32 bits per heavy atom. The number of hydrogen-bond donors (Lipinski definition) is 2. The van der Waals surface area contributed by atoms with Crippen LogP contribution in [0.25, 0.3) is 11.5 Å². The SMILES string of the molecule is CSCC(C)CNCc1cn[nH]c1-c1ccc(C)o1. The first kappa shape index (κ1) is 14.2. The molecule has 2 rings (SSSR count). The zero-order valence-electron chi connectivity index (χ0n) is 11.7. The molecule has 5 heteroatoms. The van der Waals surface area contributed by atoms with Crippen LogP contribution in [0, 0.1) is 12.8 Å². The van der Waals surface area contributed by atoms with Gasteiger partial charge in [0, 0.05) is 12.1 Å². The van der Waals surface area contributed by atoms with Crippen LogP contribution in [0.1, 0.15) is 18.2 Å². The van der Waals surface area contributed by atoms with Crippen LogP contribution in [-0.4, -0.2) is 28.8 Å². The van der Waals surface area contributed by atoms with Gasteiger partial charge in [-0.3, -0.25) is 5.10 Å². The summed E-state index contributed by atoms with van der Waals surface area (Å²) in [5, 5.41) is 10.6. The number of rotatable bonds is 7. The van der Waals surface area contributed by atoms with Crippen LogP contribution in [0.4, 0.5) is 0 Å². The zero-order chi connectivity index (χ0) is 13.7. The Bertz CT molecular complexity index is 506. The smallest absolute Gasteiger partial charge is 0.152 e. The quantitative estimate of drug-likeness (QED) is 0.818. The second-order valence-electron chi connectivity index (χ2n) is 4.87. The predicted molar refractivity (Wildman–Crippen MR) is 80.3 cm³/mol. The van der Waals surface area contributed by atoms with E-state index in [-0.39, 0.29) is 0 Å². The van der Waals surface area contributed by atoms with E-state index in [9.17, 15) is 0 Å². The van der Waals surface area contributed by atoms with Gasteiger partial charge in [-0.05, 0) is 43.5 Å². The summed E-state index contributed by atoms with van der Waals surface area (Å²) in [7, 11) is 0. The van der Waals surface area contributed by atoms with Gasteiger partial charge in [-0.15, -0.1) is 0 Å². The maximum Gasteiger partial charge on any atom is 0.152 e. The molecule has 0 aliphatic rings. The van der Waals surface area contributed by atoms with Crippen LogP contribution in [0.3, 0.4) is 0 Å². The summed E-state index contributed by atoms with van der Waals surface area (Å²) in [4.78, 5) is 0. The molecule has 104 valence electrons. The van der Waals surface area contributed by atoms with E-state index in [1.54, 1.807) is 0 Å². The second kappa shape index (κ2) is 6.82. The summed E-state index contributed by atoms with van der Waals surface area (Å²) in [6, 6.07) is 3.94. The van der Waals surface area contributed by atoms with Crippen molar-refractivity contribution in [1.82, 2.24) is 15.5 Å². The minimum absolute atomic E-state index is 0.677. The molecular formula is C14H21N3OS. The van der Waals surface area contributed by atoms with Gasteiger partial charge in [-0.25, -0.2) is 0 Å². The molecule has 1 atom stereocenters. The molecule has 2 aromatic rings. The van der Waals surface area contributed by atoms with E-state index in [0.717, 1.165) is 35.9 Å². The van der Waals surface area contributed by atoms with Crippen LogP contribution in [-0.2, 0) is 6.54 Å². The number of aromatic amines is 1. The number of thioether (sulfide) groups is 1. The fraction of sp³-hybridized carbons (Fsp3) is 0.500. The average molecular weight is 279 g/mol. The third-order valence-electron chi connectivity index (χ3n) is 2.96. The number of nitrogens with zero attached hydrogens (tertiary/aromatic N) is 1. The largest absolute Gasteiger partial charge is 0.460 e. The molecule has 0 fully saturated rings. The van der Waals surface area contributed by atoms with E-state index in [0.29, 0.717) is 5.92 Å². The summed E-state index contributed by atoms with van der Waals surface area (Å²) < 4.78 is 5.63. The number of furan rings is 1. The van der Waals surface area contributed by atoms with Crippen molar-refractivity contribution in [3.8, 4) is 11.5 Å². The first-order valence-electron chi connectivity index (χ1n) is 6.49. The van der Waals surface area contributed by atoms with Crippen molar-refractivity contribution in [3.05, 3.63) is 29.7 Å².